The molecular formula is C23H28Cl3N3. The van der Waals surface area contributed by atoms with Crippen molar-refractivity contribution in [3.8, 4) is 0 Å². The van der Waals surface area contributed by atoms with Crippen LogP contribution in [0.2, 0.25) is 15.1 Å². The smallest absolute Gasteiger partial charge is 0.0670 e. The fraction of sp³-hybridized carbons (Fsp3) is 0.478. The first-order valence-electron chi connectivity index (χ1n) is 10.5. The van der Waals surface area contributed by atoms with Crippen molar-refractivity contribution in [2.45, 2.75) is 25.3 Å². The molecule has 2 aromatic carbocycles. The van der Waals surface area contributed by atoms with Gasteiger partial charge in [-0.3, -0.25) is 4.90 Å². The molecule has 2 aromatic rings. The van der Waals surface area contributed by atoms with E-state index in [1.807, 2.05) is 30.3 Å². The van der Waals surface area contributed by atoms with Crippen LogP contribution in [-0.2, 0) is 0 Å². The zero-order chi connectivity index (χ0) is 20.2. The van der Waals surface area contributed by atoms with Crippen molar-refractivity contribution in [2.24, 2.45) is 5.92 Å². The highest BCUT2D eigenvalue weighted by molar-refractivity contribution is 6.36. The van der Waals surface area contributed by atoms with Crippen LogP contribution >= 0.6 is 34.8 Å². The number of rotatable bonds is 5. The molecule has 156 valence electrons. The van der Waals surface area contributed by atoms with E-state index in [4.69, 9.17) is 34.8 Å². The molecule has 2 fully saturated rings. The molecule has 0 radical (unpaired) electrons. The van der Waals surface area contributed by atoms with Crippen molar-refractivity contribution < 1.29 is 0 Å². The molecule has 6 heteroatoms. The van der Waals surface area contributed by atoms with E-state index in [1.54, 1.807) is 0 Å². The van der Waals surface area contributed by atoms with Gasteiger partial charge in [0.15, 0.2) is 0 Å². The molecular weight excluding hydrogens is 425 g/mol. The molecule has 2 saturated heterocycles. The maximum Gasteiger partial charge on any atom is 0.0670 e. The zero-order valence-electron chi connectivity index (χ0n) is 16.6. The Bertz CT molecular complexity index is 806. The minimum Gasteiger partial charge on any atom is -0.361 e. The highest BCUT2D eigenvalue weighted by Gasteiger charge is 2.30. The summed E-state index contributed by atoms with van der Waals surface area (Å²) in [6.07, 6.45) is 3.90. The van der Waals surface area contributed by atoms with Gasteiger partial charge < -0.3 is 10.2 Å². The lowest BCUT2D eigenvalue weighted by Gasteiger charge is -2.44. The molecule has 1 N–H and O–H groups in total. The Morgan fingerprint density at radius 2 is 1.62 bits per heavy atom. The molecule has 1 unspecified atom stereocenters. The van der Waals surface area contributed by atoms with Gasteiger partial charge in [0.1, 0.15) is 0 Å². The molecule has 0 aromatic heterocycles. The summed E-state index contributed by atoms with van der Waals surface area (Å²) in [6.45, 7) is 6.49. The number of piperidine rings is 1. The van der Waals surface area contributed by atoms with Crippen molar-refractivity contribution in [1.82, 2.24) is 10.2 Å². The van der Waals surface area contributed by atoms with E-state index in [2.05, 4.69) is 27.2 Å². The third kappa shape index (κ3) is 5.39. The molecule has 4 rings (SSSR count). The van der Waals surface area contributed by atoms with E-state index in [-0.39, 0.29) is 6.04 Å². The summed E-state index contributed by atoms with van der Waals surface area (Å²) in [5, 5.41) is 5.61. The summed E-state index contributed by atoms with van der Waals surface area (Å²) in [7, 11) is 0. The lowest BCUT2D eigenvalue weighted by molar-refractivity contribution is 0.199. The van der Waals surface area contributed by atoms with Crippen molar-refractivity contribution in [1.29, 1.82) is 0 Å². The Morgan fingerprint density at radius 1 is 0.897 bits per heavy atom. The van der Waals surface area contributed by atoms with Gasteiger partial charge in [-0.2, -0.15) is 0 Å². The number of halogens is 3. The predicted octanol–water partition coefficient (Wildman–Crippen LogP) is 5.90. The molecule has 3 nitrogen and oxygen atoms in total. The average Bonchev–Trinajstić information content (AvgIpc) is 2.74. The molecule has 2 aliphatic rings. The Hall–Kier alpha value is -0.970. The van der Waals surface area contributed by atoms with E-state index in [9.17, 15) is 0 Å². The van der Waals surface area contributed by atoms with Crippen LogP contribution in [0.5, 0.6) is 0 Å². The first-order chi connectivity index (χ1) is 14.1. The number of hydrogen-bond acceptors (Lipinski definition) is 3. The van der Waals surface area contributed by atoms with Gasteiger partial charge >= 0.3 is 0 Å². The number of nitrogens with one attached hydrogen (secondary N) is 1. The van der Waals surface area contributed by atoms with Crippen molar-refractivity contribution in [2.75, 3.05) is 44.2 Å². The van der Waals surface area contributed by atoms with E-state index in [1.165, 1.54) is 37.9 Å². The van der Waals surface area contributed by atoms with Gasteiger partial charge in [0.2, 0.25) is 0 Å². The van der Waals surface area contributed by atoms with Crippen LogP contribution in [0, 0.1) is 5.92 Å². The normalized spacial score (nSPS) is 21.5. The quantitative estimate of drug-likeness (QED) is 0.609. The van der Waals surface area contributed by atoms with E-state index >= 15 is 0 Å². The highest BCUT2D eigenvalue weighted by Crippen LogP contribution is 2.37. The third-order valence-electron chi connectivity index (χ3n) is 6.25. The highest BCUT2D eigenvalue weighted by atomic mass is 35.5. The summed E-state index contributed by atoms with van der Waals surface area (Å²) in [6, 6.07) is 14.3. The molecule has 0 aliphatic carbocycles. The fourth-order valence-corrected chi connectivity index (χ4v) is 5.19. The largest absolute Gasteiger partial charge is 0.361 e. The van der Waals surface area contributed by atoms with Crippen LogP contribution in [0.1, 0.15) is 30.9 Å². The van der Waals surface area contributed by atoms with Gasteiger partial charge in [0.05, 0.1) is 16.8 Å². The average molecular weight is 453 g/mol. The number of benzene rings is 2. The number of nitrogens with zero attached hydrogens (tertiary/aromatic N) is 2. The molecule has 0 amide bonds. The van der Waals surface area contributed by atoms with Gasteiger partial charge in [0, 0.05) is 29.7 Å². The predicted molar refractivity (Wildman–Crippen MR) is 125 cm³/mol. The minimum absolute atomic E-state index is 0.243. The summed E-state index contributed by atoms with van der Waals surface area (Å²) >= 11 is 18.9. The molecule has 1 atom stereocenters. The standard InChI is InChI=1S/C23H28Cl3N3/c24-19-3-1-18(2-4-19)23-16-28(12-9-17-7-10-27-11-8-17)13-14-29(23)22-6-5-20(25)15-21(22)26/h1-6,15,17,23,27H,7-14,16H2. The van der Waals surface area contributed by atoms with Gasteiger partial charge in [-0.1, -0.05) is 46.9 Å². The van der Waals surface area contributed by atoms with Crippen LogP contribution in [0.4, 0.5) is 5.69 Å². The molecule has 0 spiro atoms. The Morgan fingerprint density at radius 3 is 2.34 bits per heavy atom. The van der Waals surface area contributed by atoms with Gasteiger partial charge in [0.25, 0.3) is 0 Å². The number of anilines is 1. The number of piperazine rings is 1. The van der Waals surface area contributed by atoms with Gasteiger partial charge in [-0.25, -0.2) is 0 Å². The maximum atomic E-state index is 6.57. The van der Waals surface area contributed by atoms with Crippen LogP contribution in [-0.4, -0.2) is 44.2 Å². The van der Waals surface area contributed by atoms with Crippen LogP contribution in [0.3, 0.4) is 0 Å². The molecule has 0 bridgehead atoms. The summed E-state index contributed by atoms with van der Waals surface area (Å²) < 4.78 is 0. The Labute approximate surface area is 188 Å². The molecule has 0 saturated carbocycles. The van der Waals surface area contributed by atoms with Crippen molar-refractivity contribution >= 4 is 40.5 Å². The van der Waals surface area contributed by atoms with Crippen molar-refractivity contribution in [3.63, 3.8) is 0 Å². The fourth-order valence-electron chi connectivity index (χ4n) is 4.55. The second-order valence-corrected chi connectivity index (χ2v) is 9.42. The summed E-state index contributed by atoms with van der Waals surface area (Å²) in [5.41, 5.74) is 2.32. The molecule has 2 aliphatic heterocycles. The monoisotopic (exact) mass is 451 g/mol. The lowest BCUT2D eigenvalue weighted by Crippen LogP contribution is -2.49. The van der Waals surface area contributed by atoms with Crippen molar-refractivity contribution in [3.05, 3.63) is 63.1 Å². The second kappa shape index (κ2) is 9.89. The first kappa shape index (κ1) is 21.3. The van der Waals surface area contributed by atoms with Crippen LogP contribution in [0.25, 0.3) is 0 Å². The van der Waals surface area contributed by atoms with Gasteiger partial charge in [-0.05, 0) is 80.7 Å². The topological polar surface area (TPSA) is 18.5 Å². The second-order valence-electron chi connectivity index (χ2n) is 8.14. The maximum absolute atomic E-state index is 6.57. The van der Waals surface area contributed by atoms with Gasteiger partial charge in [-0.15, -0.1) is 0 Å². The summed E-state index contributed by atoms with van der Waals surface area (Å²) in [4.78, 5) is 5.03. The van der Waals surface area contributed by atoms with E-state index in [0.29, 0.717) is 10.0 Å². The first-order valence-corrected chi connectivity index (χ1v) is 11.6. The van der Waals surface area contributed by atoms with E-state index in [0.717, 1.165) is 42.8 Å². The molecule has 2 heterocycles. The van der Waals surface area contributed by atoms with Crippen LogP contribution < -0.4 is 10.2 Å². The summed E-state index contributed by atoms with van der Waals surface area (Å²) in [5.74, 6) is 0.856. The minimum atomic E-state index is 0.243. The number of hydrogen-bond donors (Lipinski definition) is 1. The third-order valence-corrected chi connectivity index (χ3v) is 7.04. The van der Waals surface area contributed by atoms with E-state index < -0.39 is 0 Å². The zero-order valence-corrected chi connectivity index (χ0v) is 18.9. The molecule has 29 heavy (non-hydrogen) atoms. The lowest BCUT2D eigenvalue weighted by atomic mass is 9.94. The van der Waals surface area contributed by atoms with Crippen LogP contribution in [0.15, 0.2) is 42.5 Å². The SMILES string of the molecule is Clc1ccc(C2CN(CCC3CCNCC3)CCN2c2ccc(Cl)cc2Cl)cc1. The Kier molecular flexibility index (Phi) is 7.25. The Balaban J connectivity index is 1.51.